The summed E-state index contributed by atoms with van der Waals surface area (Å²) in [4.78, 5) is 27.3. The number of hydrogen-bond acceptors (Lipinski definition) is 6. The standard InChI is InChI=1S/C23H19N3O4S/c1-14-3-9-19-21(11-14)31-23(25-19)16-4-6-17(7-5-16)24-22(27)13-30-18-8-10-20(26(28)29)15(2)12-18/h3-12H,13H2,1-2H3,(H,24,27). The highest BCUT2D eigenvalue weighted by Gasteiger charge is 2.12. The molecule has 0 atom stereocenters. The molecule has 4 rings (SSSR count). The third kappa shape index (κ3) is 4.70. The van der Waals surface area contributed by atoms with Gasteiger partial charge in [-0.3, -0.25) is 14.9 Å². The van der Waals surface area contributed by atoms with E-state index in [1.165, 1.54) is 17.7 Å². The number of fused-ring (bicyclic) bond motifs is 1. The van der Waals surface area contributed by atoms with Crippen LogP contribution in [0.1, 0.15) is 11.1 Å². The third-order valence-electron chi connectivity index (χ3n) is 4.69. The van der Waals surface area contributed by atoms with Gasteiger partial charge in [0.1, 0.15) is 10.8 Å². The molecule has 0 aliphatic carbocycles. The van der Waals surface area contributed by atoms with Gasteiger partial charge in [0.15, 0.2) is 6.61 Å². The molecule has 0 spiro atoms. The minimum atomic E-state index is -0.454. The fraction of sp³-hybridized carbons (Fsp3) is 0.130. The Balaban J connectivity index is 1.37. The van der Waals surface area contributed by atoms with E-state index in [-0.39, 0.29) is 18.2 Å². The predicted octanol–water partition coefficient (Wildman–Crippen LogP) is 5.51. The summed E-state index contributed by atoms with van der Waals surface area (Å²) < 4.78 is 6.59. The molecule has 0 saturated heterocycles. The van der Waals surface area contributed by atoms with Crippen LogP contribution in [-0.2, 0) is 4.79 Å². The molecule has 0 fully saturated rings. The zero-order valence-corrected chi connectivity index (χ0v) is 17.7. The molecule has 31 heavy (non-hydrogen) atoms. The molecule has 156 valence electrons. The Hall–Kier alpha value is -3.78. The van der Waals surface area contributed by atoms with Crippen LogP contribution in [0.4, 0.5) is 11.4 Å². The van der Waals surface area contributed by atoms with Crippen molar-refractivity contribution in [2.75, 3.05) is 11.9 Å². The molecule has 1 N–H and O–H groups in total. The Bertz CT molecular complexity index is 1280. The molecule has 0 aliphatic rings. The number of benzene rings is 3. The number of hydrogen-bond donors (Lipinski definition) is 1. The zero-order chi connectivity index (χ0) is 22.0. The van der Waals surface area contributed by atoms with Crippen molar-refractivity contribution in [2.45, 2.75) is 13.8 Å². The molecular formula is C23H19N3O4S. The second-order valence-electron chi connectivity index (χ2n) is 7.11. The first-order valence-corrected chi connectivity index (χ1v) is 10.4. The first kappa shape index (κ1) is 20.5. The van der Waals surface area contributed by atoms with Crippen molar-refractivity contribution in [1.82, 2.24) is 4.98 Å². The average molecular weight is 433 g/mol. The van der Waals surface area contributed by atoms with Gasteiger partial charge >= 0.3 is 0 Å². The number of nitrogens with zero attached hydrogens (tertiary/aromatic N) is 2. The van der Waals surface area contributed by atoms with Crippen molar-refractivity contribution < 1.29 is 14.5 Å². The van der Waals surface area contributed by atoms with Crippen LogP contribution in [0.5, 0.6) is 5.75 Å². The molecule has 0 aliphatic heterocycles. The summed E-state index contributed by atoms with van der Waals surface area (Å²) in [6, 6.07) is 18.0. The van der Waals surface area contributed by atoms with Gasteiger partial charge in [-0.1, -0.05) is 6.07 Å². The minimum Gasteiger partial charge on any atom is -0.484 e. The van der Waals surface area contributed by atoms with Crippen molar-refractivity contribution in [2.24, 2.45) is 0 Å². The molecule has 0 bridgehead atoms. The number of anilines is 1. The van der Waals surface area contributed by atoms with E-state index < -0.39 is 4.92 Å². The van der Waals surface area contributed by atoms with Crippen molar-refractivity contribution in [3.8, 4) is 16.3 Å². The smallest absolute Gasteiger partial charge is 0.272 e. The summed E-state index contributed by atoms with van der Waals surface area (Å²) in [5.41, 5.74) is 4.29. The number of amides is 1. The second-order valence-corrected chi connectivity index (χ2v) is 8.14. The fourth-order valence-electron chi connectivity index (χ4n) is 3.12. The molecule has 1 aromatic heterocycles. The lowest BCUT2D eigenvalue weighted by Crippen LogP contribution is -2.20. The number of aromatic nitrogens is 1. The second kappa shape index (κ2) is 8.53. The molecule has 1 heterocycles. The van der Waals surface area contributed by atoms with Crippen molar-refractivity contribution >= 4 is 38.8 Å². The van der Waals surface area contributed by atoms with Crippen LogP contribution < -0.4 is 10.1 Å². The molecular weight excluding hydrogens is 414 g/mol. The maximum Gasteiger partial charge on any atom is 0.272 e. The lowest BCUT2D eigenvalue weighted by atomic mass is 10.2. The first-order chi connectivity index (χ1) is 14.9. The molecule has 0 unspecified atom stereocenters. The van der Waals surface area contributed by atoms with Crippen LogP contribution in [0.3, 0.4) is 0 Å². The number of nitro benzene ring substituents is 1. The number of rotatable bonds is 6. The molecule has 4 aromatic rings. The van der Waals surface area contributed by atoms with E-state index in [2.05, 4.69) is 23.3 Å². The maximum absolute atomic E-state index is 12.2. The van der Waals surface area contributed by atoms with E-state index >= 15 is 0 Å². The Morgan fingerprint density at radius 3 is 2.58 bits per heavy atom. The molecule has 0 saturated carbocycles. The third-order valence-corrected chi connectivity index (χ3v) is 5.76. The first-order valence-electron chi connectivity index (χ1n) is 9.54. The van der Waals surface area contributed by atoms with Crippen LogP contribution in [-0.4, -0.2) is 22.4 Å². The minimum absolute atomic E-state index is 0.0140. The van der Waals surface area contributed by atoms with E-state index in [0.29, 0.717) is 17.0 Å². The summed E-state index contributed by atoms with van der Waals surface area (Å²) in [5, 5.41) is 14.6. The Kier molecular flexibility index (Phi) is 5.64. The van der Waals surface area contributed by atoms with Crippen LogP contribution in [0.2, 0.25) is 0 Å². The van der Waals surface area contributed by atoms with Gasteiger partial charge < -0.3 is 10.1 Å². The van der Waals surface area contributed by atoms with Crippen LogP contribution in [0.15, 0.2) is 60.7 Å². The monoisotopic (exact) mass is 433 g/mol. The number of aryl methyl sites for hydroxylation is 2. The molecule has 7 nitrogen and oxygen atoms in total. The number of nitro groups is 1. The summed E-state index contributed by atoms with van der Waals surface area (Å²) >= 11 is 1.63. The average Bonchev–Trinajstić information content (AvgIpc) is 3.15. The van der Waals surface area contributed by atoms with Gasteiger partial charge in [-0.25, -0.2) is 4.98 Å². The van der Waals surface area contributed by atoms with Gasteiger partial charge in [-0.2, -0.15) is 0 Å². The van der Waals surface area contributed by atoms with Gasteiger partial charge in [0.2, 0.25) is 0 Å². The van der Waals surface area contributed by atoms with Gasteiger partial charge in [-0.15, -0.1) is 11.3 Å². The summed E-state index contributed by atoms with van der Waals surface area (Å²) in [7, 11) is 0. The largest absolute Gasteiger partial charge is 0.484 e. The lowest BCUT2D eigenvalue weighted by Gasteiger charge is -2.08. The van der Waals surface area contributed by atoms with Crippen LogP contribution in [0, 0.1) is 24.0 Å². The lowest BCUT2D eigenvalue weighted by molar-refractivity contribution is -0.385. The van der Waals surface area contributed by atoms with Crippen molar-refractivity contribution in [1.29, 1.82) is 0 Å². The molecule has 3 aromatic carbocycles. The zero-order valence-electron chi connectivity index (χ0n) is 16.9. The normalized spacial score (nSPS) is 10.8. The van der Waals surface area contributed by atoms with E-state index in [9.17, 15) is 14.9 Å². The topological polar surface area (TPSA) is 94.4 Å². The molecule has 8 heteroatoms. The Morgan fingerprint density at radius 1 is 1.10 bits per heavy atom. The van der Waals surface area contributed by atoms with Gasteiger partial charge in [0, 0.05) is 22.9 Å². The Labute approximate surface area is 182 Å². The van der Waals surface area contributed by atoms with Crippen LogP contribution in [0.25, 0.3) is 20.8 Å². The number of nitrogens with one attached hydrogen (secondary N) is 1. The Morgan fingerprint density at radius 2 is 1.87 bits per heavy atom. The van der Waals surface area contributed by atoms with E-state index in [1.807, 2.05) is 36.4 Å². The van der Waals surface area contributed by atoms with Gasteiger partial charge in [0.25, 0.3) is 11.6 Å². The predicted molar refractivity (Wildman–Crippen MR) is 122 cm³/mol. The highest BCUT2D eigenvalue weighted by molar-refractivity contribution is 7.21. The van der Waals surface area contributed by atoms with Gasteiger partial charge in [-0.05, 0) is 67.9 Å². The van der Waals surface area contributed by atoms with Crippen molar-refractivity contribution in [3.05, 3.63) is 81.9 Å². The summed E-state index contributed by atoms with van der Waals surface area (Å²) in [6.45, 7) is 3.48. The highest BCUT2D eigenvalue weighted by atomic mass is 32.1. The quantitative estimate of drug-likeness (QED) is 0.320. The van der Waals surface area contributed by atoms with Crippen molar-refractivity contribution in [3.63, 3.8) is 0 Å². The number of thiazole rings is 1. The number of carbonyl (C=O) groups excluding carboxylic acids is 1. The number of ether oxygens (including phenoxy) is 1. The van der Waals surface area contributed by atoms with E-state index in [4.69, 9.17) is 4.74 Å². The molecule has 0 radical (unpaired) electrons. The fourth-order valence-corrected chi connectivity index (χ4v) is 4.19. The number of carbonyl (C=O) groups is 1. The maximum atomic E-state index is 12.2. The summed E-state index contributed by atoms with van der Waals surface area (Å²) in [6.07, 6.45) is 0. The van der Waals surface area contributed by atoms with Crippen LogP contribution >= 0.6 is 11.3 Å². The van der Waals surface area contributed by atoms with E-state index in [0.717, 1.165) is 20.8 Å². The molecule has 1 amide bonds. The summed E-state index contributed by atoms with van der Waals surface area (Å²) in [5.74, 6) is 0.0823. The van der Waals surface area contributed by atoms with E-state index in [1.54, 1.807) is 24.3 Å². The SMILES string of the molecule is Cc1ccc2nc(-c3ccc(NC(=O)COc4ccc([N+](=O)[O-])c(C)c4)cc3)sc2c1. The van der Waals surface area contributed by atoms with Gasteiger partial charge in [0.05, 0.1) is 15.1 Å². The highest BCUT2D eigenvalue weighted by Crippen LogP contribution is 2.31.